The molecule has 1 heterocycles. The molecular weight excluding hydrogens is 551 g/mol. The second-order valence-corrected chi connectivity index (χ2v) is 11.2. The van der Waals surface area contributed by atoms with Crippen LogP contribution in [0.25, 0.3) is 10.2 Å². The minimum absolute atomic E-state index is 0.464. The quantitative estimate of drug-likeness (QED) is 0.188. The monoisotopic (exact) mass is 595 g/mol. The number of nitrogens with zero attached hydrogens (tertiary/aromatic N) is 1. The summed E-state index contributed by atoms with van der Waals surface area (Å²) in [5.74, 6) is 3.61. The minimum Gasteiger partial charge on any atom is -0.300 e. The molecule has 1 fully saturated rings. The number of carbonyl (C=O) groups is 1. The summed E-state index contributed by atoms with van der Waals surface area (Å²) in [6.07, 6.45) is 17.1. The number of anilines is 1. The predicted octanol–water partition coefficient (Wildman–Crippen LogP) is 9.19. The van der Waals surface area contributed by atoms with Crippen LogP contribution in [0.4, 0.5) is 5.13 Å². The van der Waals surface area contributed by atoms with Crippen LogP contribution in [0.2, 0.25) is 0 Å². The summed E-state index contributed by atoms with van der Waals surface area (Å²) in [5.41, 5.74) is 6.99. The van der Waals surface area contributed by atoms with E-state index in [0.29, 0.717) is 11.5 Å². The van der Waals surface area contributed by atoms with E-state index in [0.717, 1.165) is 73.2 Å². The van der Waals surface area contributed by atoms with Crippen molar-refractivity contribution in [3.05, 3.63) is 82.2 Å². The molecule has 0 atom stereocenters. The number of Topliss-reactive ketones (excluding diaryl/α,β-unsaturated/α-hetero) is 1. The van der Waals surface area contributed by atoms with E-state index in [1.807, 2.05) is 59.8 Å². The van der Waals surface area contributed by atoms with Gasteiger partial charge in [-0.15, -0.1) is 0 Å². The molecule has 1 aliphatic carbocycles. The summed E-state index contributed by atoms with van der Waals surface area (Å²) in [6.45, 7) is 18.2. The first kappa shape index (κ1) is 35.1. The van der Waals surface area contributed by atoms with Gasteiger partial charge in [-0.25, -0.2) is 0 Å². The second-order valence-electron chi connectivity index (χ2n) is 9.48. The van der Waals surface area contributed by atoms with Gasteiger partial charge in [0.05, 0.1) is 0 Å². The van der Waals surface area contributed by atoms with E-state index in [9.17, 15) is 4.79 Å². The van der Waals surface area contributed by atoms with E-state index in [2.05, 4.69) is 59.9 Å². The maximum Gasteiger partial charge on any atom is 0.132 e. The summed E-state index contributed by atoms with van der Waals surface area (Å²) < 4.78 is 7.59. The van der Waals surface area contributed by atoms with Crippen LogP contribution < -0.4 is 5.32 Å². The number of ether oxygens (including phenoxy) is 1. The van der Waals surface area contributed by atoms with Crippen LogP contribution in [0.15, 0.2) is 76.6 Å². The summed E-state index contributed by atoms with van der Waals surface area (Å²) in [5, 5.41) is 4.30. The largest absolute Gasteiger partial charge is 0.300 e. The molecule has 1 aromatic carbocycles. The van der Waals surface area contributed by atoms with Crippen LogP contribution in [0.3, 0.4) is 0 Å². The van der Waals surface area contributed by atoms with Crippen molar-refractivity contribution in [3.63, 3.8) is 0 Å². The van der Waals surface area contributed by atoms with Crippen LogP contribution in [0.5, 0.6) is 0 Å². The number of ketones is 1. The first-order valence-corrected chi connectivity index (χ1v) is 15.3. The van der Waals surface area contributed by atoms with Gasteiger partial charge < -0.3 is 0 Å². The van der Waals surface area contributed by atoms with E-state index >= 15 is 0 Å². The van der Waals surface area contributed by atoms with Crippen molar-refractivity contribution < 1.29 is 26.5 Å². The third-order valence-corrected chi connectivity index (χ3v) is 7.19. The summed E-state index contributed by atoms with van der Waals surface area (Å²) in [4.78, 5) is 15.2. The number of carbonyl (C=O) groups excluding carboxylic acids is 1. The molecule has 40 heavy (non-hydrogen) atoms. The van der Waals surface area contributed by atoms with Crippen LogP contribution in [-0.2, 0) is 26.5 Å². The molecule has 2 aromatic rings. The molecule has 0 unspecified atom stereocenters. The predicted molar refractivity (Wildman–Crippen MR) is 171 cm³/mol. The number of hydrogen-bond donors (Lipinski definition) is 1. The number of hydrogen-bond acceptors (Lipinski definition) is 5. The Balaban J connectivity index is 0.000000759. The van der Waals surface area contributed by atoms with E-state index in [-0.39, 0.29) is 0 Å². The average Bonchev–Trinajstić information content (AvgIpc) is 3.31. The number of aryl methyl sites for hydroxylation is 1. The first-order valence-electron chi connectivity index (χ1n) is 13.8. The van der Waals surface area contributed by atoms with Crippen molar-refractivity contribution >= 4 is 36.8 Å². The number of methoxy groups -OCH3 is 1. The van der Waals surface area contributed by atoms with Crippen LogP contribution in [0, 0.1) is 19.3 Å². The van der Waals surface area contributed by atoms with Crippen molar-refractivity contribution in [3.8, 4) is 12.3 Å². The molecule has 0 radical (unpaired) electrons. The normalized spacial score (nSPS) is 13.9. The van der Waals surface area contributed by atoms with E-state index in [4.69, 9.17) is 16.1 Å². The maximum atomic E-state index is 10.5. The Hall–Kier alpha value is -2.91. The third-order valence-electron chi connectivity index (χ3n) is 5.71. The summed E-state index contributed by atoms with van der Waals surface area (Å²) in [6, 6.07) is 6.28. The average molecular weight is 596 g/mol. The van der Waals surface area contributed by atoms with Crippen LogP contribution in [0.1, 0.15) is 79.2 Å². The van der Waals surface area contributed by atoms with Gasteiger partial charge in [0.25, 0.3) is 0 Å². The Labute approximate surface area is 254 Å². The number of terminal acetylenes is 1. The fourth-order valence-electron chi connectivity index (χ4n) is 3.97. The standard InChI is InChI=1S/C26H28N2OS.C6H10O.C2H6.V/c1-9-20(16-27-26-28-23-12-11-19(7)15-25(23)30-26)21(13-17(3)4)22(14-18(5)6)24(10-2)29-8;7-6-4-2-1-3-5-6;1-2;/h2,9,11-15H,3H2,1,4-8H3,(H,27,28);1-5H2;1-2H3;/b20-9-,21-13+,24-22-;;;. The first-order chi connectivity index (χ1) is 19.1. The number of thiazole rings is 1. The van der Waals surface area contributed by atoms with Gasteiger partial charge in [-0.2, -0.15) is 0 Å². The molecule has 0 aliphatic heterocycles. The molecule has 0 amide bonds. The van der Waals surface area contributed by atoms with Gasteiger partial charge in [0.2, 0.25) is 0 Å². The topological polar surface area (TPSA) is 51.2 Å². The maximum absolute atomic E-state index is 10.5. The minimum atomic E-state index is 0.464. The van der Waals surface area contributed by atoms with Gasteiger partial charge in [0.1, 0.15) is 5.78 Å². The molecular formula is C34H44N2O2SV. The summed E-state index contributed by atoms with van der Waals surface area (Å²) >= 11 is 4.23. The Morgan fingerprint density at radius 1 is 1.15 bits per heavy atom. The second kappa shape index (κ2) is 18.4. The number of benzene rings is 1. The van der Waals surface area contributed by atoms with Gasteiger partial charge in [-0.05, 0) is 12.8 Å². The van der Waals surface area contributed by atoms with Gasteiger partial charge in [-0.1, -0.05) is 20.3 Å². The molecule has 213 valence electrons. The molecule has 1 aliphatic rings. The zero-order valence-corrected chi connectivity index (χ0v) is 27.6. The zero-order valence-electron chi connectivity index (χ0n) is 25.4. The Bertz CT molecular complexity index is 1350. The van der Waals surface area contributed by atoms with Crippen LogP contribution >= 0.6 is 11.3 Å². The Morgan fingerprint density at radius 3 is 2.27 bits per heavy atom. The molecule has 4 nitrogen and oxygen atoms in total. The SMILES string of the molecule is C#C/C(OC)=C(C=C(C)C)/C(=C/C(=C)C)C(=C\C)/[C](=[V])Nc1nc2ccc(C)cc2s1.CC.O=C1CCCCC1. The van der Waals surface area contributed by atoms with E-state index in [1.165, 1.54) is 12.0 Å². The van der Waals surface area contributed by atoms with Gasteiger partial charge >= 0.3 is 199 Å². The molecule has 0 saturated heterocycles. The number of aromatic nitrogens is 1. The van der Waals surface area contributed by atoms with Crippen molar-refractivity contribution in [2.24, 2.45) is 0 Å². The Kier molecular flexibility index (Phi) is 16.2. The molecule has 6 heteroatoms. The van der Waals surface area contributed by atoms with E-state index < -0.39 is 0 Å². The fraction of sp³-hybridized carbons (Fsp3) is 0.382. The molecule has 1 saturated carbocycles. The van der Waals surface area contributed by atoms with Crippen molar-refractivity contribution in [1.82, 2.24) is 4.98 Å². The summed E-state index contributed by atoms with van der Waals surface area (Å²) in [7, 11) is 1.59. The number of nitrogens with one attached hydrogen (secondary N) is 1. The Morgan fingerprint density at radius 2 is 1.80 bits per heavy atom. The number of rotatable bonds is 8. The van der Waals surface area contributed by atoms with Crippen LogP contribution in [-0.4, -0.2) is 22.2 Å². The molecule has 1 aromatic heterocycles. The number of fused-ring (bicyclic) bond motifs is 1. The molecule has 1 N–H and O–H groups in total. The van der Waals surface area contributed by atoms with Gasteiger partial charge in [0, 0.05) is 12.8 Å². The van der Waals surface area contributed by atoms with Crippen molar-refractivity contribution in [2.75, 3.05) is 12.4 Å². The molecule has 3 rings (SSSR count). The number of allylic oxidation sites excluding steroid dienone is 7. The van der Waals surface area contributed by atoms with Gasteiger partial charge in [-0.3, -0.25) is 4.79 Å². The fourth-order valence-corrected chi connectivity index (χ4v) is 5.61. The smallest absolute Gasteiger partial charge is 0.132 e. The molecule has 0 spiro atoms. The van der Waals surface area contributed by atoms with Crippen molar-refractivity contribution in [1.29, 1.82) is 0 Å². The third kappa shape index (κ3) is 11.3. The molecule has 0 bridgehead atoms. The zero-order chi connectivity index (χ0) is 30.2. The van der Waals surface area contributed by atoms with Gasteiger partial charge in [0.15, 0.2) is 0 Å². The van der Waals surface area contributed by atoms with Crippen molar-refractivity contribution in [2.45, 2.75) is 80.6 Å². The van der Waals surface area contributed by atoms with E-state index in [1.54, 1.807) is 18.4 Å².